The number of anilines is 1. The highest BCUT2D eigenvalue weighted by atomic mass is 35.5. The summed E-state index contributed by atoms with van der Waals surface area (Å²) in [4.78, 5) is 30.1. The Morgan fingerprint density at radius 3 is 2.13 bits per heavy atom. The van der Waals surface area contributed by atoms with Crippen LogP contribution in [0.2, 0.25) is 15.1 Å². The summed E-state index contributed by atoms with van der Waals surface area (Å²) in [6.45, 7) is 6.83. The van der Waals surface area contributed by atoms with Crippen LogP contribution in [-0.2, 0) is 32.6 Å². The lowest BCUT2D eigenvalue weighted by atomic mass is 10.0. The van der Waals surface area contributed by atoms with E-state index in [1.807, 2.05) is 51.1 Å². The van der Waals surface area contributed by atoms with Crippen LogP contribution in [-0.4, -0.2) is 43.8 Å². The molecule has 11 heteroatoms. The van der Waals surface area contributed by atoms with Gasteiger partial charge in [0.25, 0.3) is 10.0 Å². The highest BCUT2D eigenvalue weighted by molar-refractivity contribution is 7.92. The molecule has 2 atom stereocenters. The van der Waals surface area contributed by atoms with Crippen molar-refractivity contribution in [1.29, 1.82) is 0 Å². The third kappa shape index (κ3) is 9.29. The van der Waals surface area contributed by atoms with Gasteiger partial charge in [0.05, 0.1) is 20.6 Å². The molecule has 0 fully saturated rings. The summed E-state index contributed by atoms with van der Waals surface area (Å²) in [5.74, 6) is -0.937. The highest BCUT2D eigenvalue weighted by Crippen LogP contribution is 2.30. The smallest absolute Gasteiger partial charge is 0.264 e. The topological polar surface area (TPSA) is 86.8 Å². The van der Waals surface area contributed by atoms with E-state index in [9.17, 15) is 18.0 Å². The predicted octanol–water partition coefficient (Wildman–Crippen LogP) is 8.01. The SMILES string of the molecule is CC[C@H](C)NC(=O)[C@H](Cc1ccccc1)N(Cc1ccc(Cl)c(Cl)c1)C(=O)CN(c1ccc(Cl)cc1C)S(=O)(=O)c1ccc(C)cc1. The second-order valence-corrected chi connectivity index (χ2v) is 14.7. The van der Waals surface area contributed by atoms with Gasteiger partial charge in [0.2, 0.25) is 11.8 Å². The molecule has 0 aliphatic heterocycles. The van der Waals surface area contributed by atoms with Crippen LogP contribution in [0.25, 0.3) is 0 Å². The second-order valence-electron chi connectivity index (χ2n) is 11.5. The monoisotopic (exact) mass is 713 g/mol. The van der Waals surface area contributed by atoms with E-state index >= 15 is 0 Å². The van der Waals surface area contributed by atoms with E-state index in [2.05, 4.69) is 5.32 Å². The second kappa shape index (κ2) is 16.0. The molecule has 0 aromatic heterocycles. The fraction of sp³-hybridized carbons (Fsp3) is 0.278. The maximum Gasteiger partial charge on any atom is 0.264 e. The lowest BCUT2D eigenvalue weighted by molar-refractivity contribution is -0.140. The van der Waals surface area contributed by atoms with Gasteiger partial charge in [-0.3, -0.25) is 13.9 Å². The van der Waals surface area contributed by atoms with Crippen molar-refractivity contribution in [3.05, 3.63) is 128 Å². The Hall–Kier alpha value is -3.56. The number of nitrogens with zero attached hydrogens (tertiary/aromatic N) is 2. The van der Waals surface area contributed by atoms with Crippen LogP contribution in [0.4, 0.5) is 5.69 Å². The molecule has 0 radical (unpaired) electrons. The minimum Gasteiger partial charge on any atom is -0.352 e. The number of hydrogen-bond acceptors (Lipinski definition) is 4. The third-order valence-corrected chi connectivity index (χ3v) is 10.7. The molecule has 4 aromatic carbocycles. The van der Waals surface area contributed by atoms with Crippen molar-refractivity contribution >= 4 is 62.3 Å². The number of benzene rings is 4. The first-order valence-corrected chi connectivity index (χ1v) is 17.8. The minimum absolute atomic E-state index is 0.0247. The number of carbonyl (C=O) groups excluding carboxylic acids is 2. The fourth-order valence-corrected chi connectivity index (χ4v) is 7.11. The van der Waals surface area contributed by atoms with Gasteiger partial charge in [-0.1, -0.05) is 95.8 Å². The predicted molar refractivity (Wildman–Crippen MR) is 191 cm³/mol. The number of amides is 2. The van der Waals surface area contributed by atoms with Crippen LogP contribution < -0.4 is 9.62 Å². The van der Waals surface area contributed by atoms with Gasteiger partial charge in [0, 0.05) is 24.0 Å². The maximum absolute atomic E-state index is 14.6. The van der Waals surface area contributed by atoms with Gasteiger partial charge >= 0.3 is 0 Å². The number of sulfonamides is 1. The Morgan fingerprint density at radius 2 is 1.51 bits per heavy atom. The van der Waals surface area contributed by atoms with E-state index < -0.39 is 28.5 Å². The van der Waals surface area contributed by atoms with E-state index in [4.69, 9.17) is 34.8 Å². The van der Waals surface area contributed by atoms with Gasteiger partial charge in [-0.05, 0) is 86.3 Å². The maximum atomic E-state index is 14.6. The molecule has 0 aliphatic rings. The molecule has 4 aromatic rings. The molecule has 0 heterocycles. The number of hydrogen-bond donors (Lipinski definition) is 1. The molecule has 0 aliphatic carbocycles. The molecule has 7 nitrogen and oxygen atoms in total. The van der Waals surface area contributed by atoms with E-state index in [0.717, 1.165) is 15.4 Å². The van der Waals surface area contributed by atoms with Gasteiger partial charge < -0.3 is 10.2 Å². The molecule has 2 amide bonds. The Labute approximate surface area is 292 Å². The number of halogens is 3. The van der Waals surface area contributed by atoms with Crippen LogP contribution in [0, 0.1) is 13.8 Å². The number of rotatable bonds is 13. The number of nitrogens with one attached hydrogen (secondary N) is 1. The molecule has 0 saturated carbocycles. The van der Waals surface area contributed by atoms with Gasteiger partial charge in [-0.2, -0.15) is 0 Å². The zero-order chi connectivity index (χ0) is 34.3. The van der Waals surface area contributed by atoms with E-state index in [1.165, 1.54) is 17.0 Å². The molecule has 4 rings (SSSR count). The molecule has 1 N–H and O–H groups in total. The van der Waals surface area contributed by atoms with Gasteiger partial charge in [0.1, 0.15) is 12.6 Å². The minimum atomic E-state index is -4.24. The third-order valence-electron chi connectivity index (χ3n) is 7.92. The summed E-state index contributed by atoms with van der Waals surface area (Å²) >= 11 is 18.8. The lowest BCUT2D eigenvalue weighted by Gasteiger charge is -2.34. The summed E-state index contributed by atoms with van der Waals surface area (Å²) in [7, 11) is -4.24. The van der Waals surface area contributed by atoms with Gasteiger partial charge in [-0.15, -0.1) is 0 Å². The largest absolute Gasteiger partial charge is 0.352 e. The molecular weight excluding hydrogens is 677 g/mol. The average molecular weight is 715 g/mol. The van der Waals surface area contributed by atoms with E-state index in [-0.39, 0.29) is 29.8 Å². The Balaban J connectivity index is 1.85. The van der Waals surface area contributed by atoms with Crippen LogP contribution in [0.1, 0.15) is 42.5 Å². The molecule has 47 heavy (non-hydrogen) atoms. The Kier molecular flexibility index (Phi) is 12.4. The lowest BCUT2D eigenvalue weighted by Crippen LogP contribution is -2.54. The Bertz CT molecular complexity index is 1820. The fourth-order valence-electron chi connectivity index (χ4n) is 5.08. The molecule has 248 valence electrons. The quantitative estimate of drug-likeness (QED) is 0.152. The first-order chi connectivity index (χ1) is 22.3. The van der Waals surface area contributed by atoms with Crippen LogP contribution in [0.3, 0.4) is 0 Å². The number of carbonyl (C=O) groups is 2. The van der Waals surface area contributed by atoms with Crippen molar-refractivity contribution in [1.82, 2.24) is 10.2 Å². The summed E-state index contributed by atoms with van der Waals surface area (Å²) in [5.41, 5.74) is 3.20. The number of aryl methyl sites for hydroxylation is 2. The highest BCUT2D eigenvalue weighted by Gasteiger charge is 2.35. The van der Waals surface area contributed by atoms with Crippen molar-refractivity contribution in [2.24, 2.45) is 0 Å². The van der Waals surface area contributed by atoms with Gasteiger partial charge in [0.15, 0.2) is 0 Å². The standard InChI is InChI=1S/C36H38Cl3N3O4S/c1-5-26(4)40-36(44)34(21-27-9-7-6-8-10-27)41(22-28-13-17-31(38)32(39)20-28)35(43)23-42(33-18-14-29(37)19-25(33)3)47(45,46)30-15-11-24(2)12-16-30/h6-20,26,34H,5,21-23H2,1-4H3,(H,40,44)/t26-,34-/m0/s1. The van der Waals surface area contributed by atoms with Crippen molar-refractivity contribution < 1.29 is 18.0 Å². The van der Waals surface area contributed by atoms with Crippen molar-refractivity contribution in [2.45, 2.75) is 64.1 Å². The van der Waals surface area contributed by atoms with Crippen molar-refractivity contribution in [3.8, 4) is 0 Å². The van der Waals surface area contributed by atoms with Crippen LogP contribution >= 0.6 is 34.8 Å². The summed E-state index contributed by atoms with van der Waals surface area (Å²) in [5, 5.41) is 4.09. The zero-order valence-corrected chi connectivity index (χ0v) is 29.8. The molecular formula is C36H38Cl3N3O4S. The van der Waals surface area contributed by atoms with Crippen molar-refractivity contribution in [3.63, 3.8) is 0 Å². The Morgan fingerprint density at radius 1 is 0.830 bits per heavy atom. The van der Waals surface area contributed by atoms with Crippen LogP contribution in [0.5, 0.6) is 0 Å². The van der Waals surface area contributed by atoms with Crippen LogP contribution in [0.15, 0.2) is 95.9 Å². The molecule has 0 unspecified atom stereocenters. The normalized spacial score (nSPS) is 12.7. The molecule has 0 saturated heterocycles. The summed E-state index contributed by atoms with van der Waals surface area (Å²) < 4.78 is 29.6. The van der Waals surface area contributed by atoms with E-state index in [1.54, 1.807) is 55.5 Å². The van der Waals surface area contributed by atoms with Crippen molar-refractivity contribution in [2.75, 3.05) is 10.8 Å². The molecule has 0 spiro atoms. The first-order valence-electron chi connectivity index (χ1n) is 15.2. The summed E-state index contributed by atoms with van der Waals surface area (Å²) in [6.07, 6.45) is 0.879. The first kappa shape index (κ1) is 36.3. The van der Waals surface area contributed by atoms with E-state index in [0.29, 0.717) is 38.3 Å². The zero-order valence-electron chi connectivity index (χ0n) is 26.7. The summed E-state index contributed by atoms with van der Waals surface area (Å²) in [6, 6.07) is 24.5. The van der Waals surface area contributed by atoms with Gasteiger partial charge in [-0.25, -0.2) is 8.42 Å². The molecule has 0 bridgehead atoms. The average Bonchev–Trinajstić information content (AvgIpc) is 3.04.